The molecule has 0 unspecified atom stereocenters. The summed E-state index contributed by atoms with van der Waals surface area (Å²) in [6, 6.07) is 5.69. The average Bonchev–Trinajstić information content (AvgIpc) is 3.35. The molecule has 0 N–H and O–H groups in total. The van der Waals surface area contributed by atoms with Gasteiger partial charge in [-0.15, -0.1) is 0 Å². The van der Waals surface area contributed by atoms with E-state index in [1.807, 2.05) is 30.3 Å². The quantitative estimate of drug-likeness (QED) is 0.787. The van der Waals surface area contributed by atoms with Crippen molar-refractivity contribution >= 4 is 5.91 Å². The predicted molar refractivity (Wildman–Crippen MR) is 95.3 cm³/mol. The van der Waals surface area contributed by atoms with Crippen molar-refractivity contribution in [1.29, 1.82) is 5.26 Å². The third-order valence-corrected chi connectivity index (χ3v) is 5.41. The fourth-order valence-electron chi connectivity index (χ4n) is 4.08. The van der Waals surface area contributed by atoms with E-state index in [4.69, 9.17) is 10.00 Å². The van der Waals surface area contributed by atoms with E-state index < -0.39 is 0 Å². The van der Waals surface area contributed by atoms with Gasteiger partial charge in [-0.3, -0.25) is 9.48 Å². The molecule has 3 heterocycles. The van der Waals surface area contributed by atoms with Crippen LogP contribution in [0.25, 0.3) is 11.1 Å². The van der Waals surface area contributed by atoms with Gasteiger partial charge in [0.05, 0.1) is 19.3 Å². The molecule has 2 aliphatic rings. The topological polar surface area (TPSA) is 74.4 Å². The Labute approximate surface area is 152 Å². The molecule has 0 spiro atoms. The number of ether oxygens (including phenoxy) is 1. The van der Waals surface area contributed by atoms with E-state index >= 15 is 0 Å². The number of nitriles is 1. The standard InChI is InChI=1S/C19H21N5O2/c1-22-9-15(8-21-22)16-4-3-13(7-18(16)26-2)19(25)24-6-5-14-10-23(12-20)11-17(14)24/h3-4,7-9,14,17H,5-6,10-11H2,1-2H3/t14-,17+/m1/s1. The third-order valence-electron chi connectivity index (χ3n) is 5.41. The molecule has 2 atom stereocenters. The van der Waals surface area contributed by atoms with Gasteiger partial charge in [0, 0.05) is 55.5 Å². The summed E-state index contributed by atoms with van der Waals surface area (Å²) in [7, 11) is 3.47. The van der Waals surface area contributed by atoms with Crippen LogP contribution in [0, 0.1) is 17.4 Å². The van der Waals surface area contributed by atoms with Gasteiger partial charge in [-0.25, -0.2) is 0 Å². The first kappa shape index (κ1) is 16.5. The van der Waals surface area contributed by atoms with Crippen LogP contribution in [-0.2, 0) is 7.05 Å². The minimum Gasteiger partial charge on any atom is -0.496 e. The first-order chi connectivity index (χ1) is 12.6. The summed E-state index contributed by atoms with van der Waals surface area (Å²) in [5.41, 5.74) is 2.48. The van der Waals surface area contributed by atoms with Crippen molar-refractivity contribution < 1.29 is 9.53 Å². The Hall–Kier alpha value is -3.01. The Balaban J connectivity index is 1.60. The Kier molecular flexibility index (Phi) is 4.03. The number of carbonyl (C=O) groups is 1. The maximum absolute atomic E-state index is 13.1. The van der Waals surface area contributed by atoms with E-state index in [9.17, 15) is 4.79 Å². The number of methoxy groups -OCH3 is 1. The Bertz CT molecular complexity index is 884. The van der Waals surface area contributed by atoms with E-state index in [1.54, 1.807) is 29.0 Å². The lowest BCUT2D eigenvalue weighted by Gasteiger charge is -2.24. The molecule has 2 saturated heterocycles. The van der Waals surface area contributed by atoms with E-state index in [0.717, 1.165) is 30.6 Å². The minimum atomic E-state index is 0.00771. The summed E-state index contributed by atoms with van der Waals surface area (Å²) in [6.07, 6.45) is 6.86. The summed E-state index contributed by atoms with van der Waals surface area (Å²) >= 11 is 0. The molecule has 4 rings (SSSR count). The number of aromatic nitrogens is 2. The van der Waals surface area contributed by atoms with Crippen LogP contribution in [0.15, 0.2) is 30.6 Å². The van der Waals surface area contributed by atoms with E-state index in [-0.39, 0.29) is 11.9 Å². The summed E-state index contributed by atoms with van der Waals surface area (Å²) < 4.78 is 7.26. The Morgan fingerprint density at radius 3 is 2.92 bits per heavy atom. The van der Waals surface area contributed by atoms with Crippen molar-refractivity contribution in [2.24, 2.45) is 13.0 Å². The molecule has 1 amide bonds. The summed E-state index contributed by atoms with van der Waals surface area (Å²) in [5, 5.41) is 13.3. The van der Waals surface area contributed by atoms with Gasteiger partial charge in [0.15, 0.2) is 6.19 Å². The highest BCUT2D eigenvalue weighted by atomic mass is 16.5. The van der Waals surface area contributed by atoms with Gasteiger partial charge in [-0.2, -0.15) is 10.4 Å². The highest BCUT2D eigenvalue weighted by Gasteiger charge is 2.43. The zero-order chi connectivity index (χ0) is 18.3. The van der Waals surface area contributed by atoms with E-state index in [2.05, 4.69) is 11.3 Å². The number of rotatable bonds is 3. The highest BCUT2D eigenvalue weighted by Crippen LogP contribution is 2.34. The highest BCUT2D eigenvalue weighted by molar-refractivity contribution is 5.96. The smallest absolute Gasteiger partial charge is 0.254 e. The molecule has 1 aromatic carbocycles. The van der Waals surface area contributed by atoms with Crippen LogP contribution < -0.4 is 4.74 Å². The molecule has 7 nitrogen and oxygen atoms in total. The van der Waals surface area contributed by atoms with Crippen LogP contribution in [0.3, 0.4) is 0 Å². The van der Waals surface area contributed by atoms with E-state index in [1.165, 1.54) is 0 Å². The second-order valence-electron chi connectivity index (χ2n) is 6.94. The number of nitrogens with zero attached hydrogens (tertiary/aromatic N) is 5. The van der Waals surface area contributed by atoms with Crippen LogP contribution in [0.1, 0.15) is 16.8 Å². The maximum atomic E-state index is 13.1. The summed E-state index contributed by atoms with van der Waals surface area (Å²) in [4.78, 5) is 16.7. The number of likely N-dealkylation sites (tertiary alicyclic amines) is 2. The van der Waals surface area contributed by atoms with Crippen LogP contribution >= 0.6 is 0 Å². The molecule has 2 aliphatic heterocycles. The monoisotopic (exact) mass is 351 g/mol. The lowest BCUT2D eigenvalue weighted by molar-refractivity contribution is 0.0731. The summed E-state index contributed by atoms with van der Waals surface area (Å²) in [5.74, 6) is 1.06. The number of amides is 1. The van der Waals surface area contributed by atoms with Crippen LogP contribution in [0.5, 0.6) is 5.75 Å². The predicted octanol–water partition coefficient (Wildman–Crippen LogP) is 1.72. The molecule has 134 valence electrons. The van der Waals surface area contributed by atoms with E-state index in [0.29, 0.717) is 23.8 Å². The van der Waals surface area contributed by atoms with Gasteiger partial charge in [-0.1, -0.05) is 0 Å². The fraction of sp³-hybridized carbons (Fsp3) is 0.421. The molecule has 0 radical (unpaired) electrons. The van der Waals surface area contributed by atoms with Crippen LogP contribution in [0.4, 0.5) is 0 Å². The molecule has 0 saturated carbocycles. The van der Waals surface area contributed by atoms with Crippen molar-refractivity contribution in [2.45, 2.75) is 12.5 Å². The number of benzene rings is 1. The Morgan fingerprint density at radius 1 is 1.38 bits per heavy atom. The second-order valence-corrected chi connectivity index (χ2v) is 6.94. The van der Waals surface area contributed by atoms with Crippen molar-refractivity contribution in [3.63, 3.8) is 0 Å². The molecule has 2 aromatic rings. The third kappa shape index (κ3) is 2.68. The average molecular weight is 351 g/mol. The fourth-order valence-corrected chi connectivity index (χ4v) is 4.08. The number of aryl methyl sites for hydroxylation is 1. The number of hydrogen-bond donors (Lipinski definition) is 0. The first-order valence-electron chi connectivity index (χ1n) is 8.73. The van der Waals surface area contributed by atoms with Crippen LogP contribution in [0.2, 0.25) is 0 Å². The van der Waals surface area contributed by atoms with Crippen molar-refractivity contribution in [3.8, 4) is 23.1 Å². The number of fused-ring (bicyclic) bond motifs is 1. The molecule has 2 fully saturated rings. The Morgan fingerprint density at radius 2 is 2.23 bits per heavy atom. The largest absolute Gasteiger partial charge is 0.496 e. The molecule has 26 heavy (non-hydrogen) atoms. The van der Waals surface area contributed by atoms with Gasteiger partial charge in [-0.05, 0) is 24.6 Å². The zero-order valence-electron chi connectivity index (χ0n) is 14.9. The minimum absolute atomic E-state index is 0.00771. The molecule has 1 aromatic heterocycles. The molecular formula is C19H21N5O2. The zero-order valence-corrected chi connectivity index (χ0v) is 14.9. The lowest BCUT2D eigenvalue weighted by Crippen LogP contribution is -2.39. The molecular weight excluding hydrogens is 330 g/mol. The number of hydrogen-bond acceptors (Lipinski definition) is 5. The second kappa shape index (κ2) is 6.37. The molecule has 7 heteroatoms. The van der Waals surface area contributed by atoms with Crippen molar-refractivity contribution in [2.75, 3.05) is 26.7 Å². The maximum Gasteiger partial charge on any atom is 0.254 e. The van der Waals surface area contributed by atoms with Gasteiger partial charge >= 0.3 is 0 Å². The van der Waals surface area contributed by atoms with Gasteiger partial charge in [0.2, 0.25) is 0 Å². The molecule has 0 bridgehead atoms. The van der Waals surface area contributed by atoms with Gasteiger partial charge in [0.1, 0.15) is 5.75 Å². The van der Waals surface area contributed by atoms with Gasteiger partial charge in [0.25, 0.3) is 5.91 Å². The SMILES string of the molecule is COc1cc(C(=O)N2CC[C@@H]3CN(C#N)C[C@@H]32)ccc1-c1cnn(C)c1. The summed E-state index contributed by atoms with van der Waals surface area (Å²) in [6.45, 7) is 2.14. The molecule has 0 aliphatic carbocycles. The van der Waals surface area contributed by atoms with Crippen molar-refractivity contribution in [3.05, 3.63) is 36.2 Å². The first-order valence-corrected chi connectivity index (χ1v) is 8.73. The normalized spacial score (nSPS) is 21.6. The van der Waals surface area contributed by atoms with Crippen molar-refractivity contribution in [1.82, 2.24) is 19.6 Å². The van der Waals surface area contributed by atoms with Gasteiger partial charge < -0.3 is 14.5 Å². The van der Waals surface area contributed by atoms with Crippen LogP contribution in [-0.4, -0.2) is 58.3 Å². The number of carbonyl (C=O) groups excluding carboxylic acids is 1. The lowest BCUT2D eigenvalue weighted by atomic mass is 10.0.